The molecule has 0 aliphatic carbocycles. The Bertz CT molecular complexity index is 687. The number of carbonyl (C=O) groups excluding carboxylic acids is 1. The van der Waals surface area contributed by atoms with Crippen molar-refractivity contribution in [3.8, 4) is 0 Å². The monoisotopic (exact) mass is 325 g/mol. The summed E-state index contributed by atoms with van der Waals surface area (Å²) in [5, 5.41) is 4.21. The molecule has 21 heavy (non-hydrogen) atoms. The molecule has 0 spiro atoms. The van der Waals surface area contributed by atoms with E-state index in [0.29, 0.717) is 17.9 Å². The van der Waals surface area contributed by atoms with Gasteiger partial charge >= 0.3 is 0 Å². The topological polar surface area (TPSA) is 59.2 Å². The predicted molar refractivity (Wildman–Crippen MR) is 78.5 cm³/mol. The molecule has 1 aliphatic heterocycles. The van der Waals surface area contributed by atoms with Crippen molar-refractivity contribution in [1.82, 2.24) is 15.0 Å². The Hall–Kier alpha value is -1.59. The summed E-state index contributed by atoms with van der Waals surface area (Å²) in [5.41, 5.74) is 1.16. The van der Waals surface area contributed by atoms with Crippen molar-refractivity contribution in [2.24, 2.45) is 0 Å². The predicted octanol–water partition coefficient (Wildman–Crippen LogP) is 3.66. The second-order valence-corrected chi connectivity index (χ2v) is 5.73. The van der Waals surface area contributed by atoms with Gasteiger partial charge in [0.25, 0.3) is 5.91 Å². The van der Waals surface area contributed by atoms with Crippen LogP contribution in [0.2, 0.25) is 10.2 Å². The molecule has 110 valence electrons. The molecule has 1 saturated heterocycles. The molecule has 0 aromatic carbocycles. The Morgan fingerprint density at radius 3 is 3.00 bits per heavy atom. The van der Waals surface area contributed by atoms with Gasteiger partial charge in [0.15, 0.2) is 5.76 Å². The van der Waals surface area contributed by atoms with Crippen LogP contribution in [0, 0.1) is 6.92 Å². The smallest absolute Gasteiger partial charge is 0.256 e. The fourth-order valence-electron chi connectivity index (χ4n) is 2.58. The lowest BCUT2D eigenvalue weighted by atomic mass is 10.1. The summed E-state index contributed by atoms with van der Waals surface area (Å²) in [4.78, 5) is 18.3. The van der Waals surface area contributed by atoms with Gasteiger partial charge in [0, 0.05) is 18.8 Å². The van der Waals surface area contributed by atoms with E-state index in [0.717, 1.165) is 18.5 Å². The van der Waals surface area contributed by atoms with Crippen molar-refractivity contribution in [2.45, 2.75) is 25.8 Å². The largest absolute Gasteiger partial charge is 0.359 e. The van der Waals surface area contributed by atoms with Crippen LogP contribution in [0.4, 0.5) is 0 Å². The van der Waals surface area contributed by atoms with Gasteiger partial charge in [0.1, 0.15) is 5.15 Å². The fourth-order valence-corrected chi connectivity index (χ4v) is 2.93. The van der Waals surface area contributed by atoms with Crippen LogP contribution in [-0.2, 0) is 0 Å². The lowest BCUT2D eigenvalue weighted by Gasteiger charge is -2.23. The maximum Gasteiger partial charge on any atom is 0.256 e. The Kier molecular flexibility index (Phi) is 3.87. The molecule has 1 atom stereocenters. The normalized spacial score (nSPS) is 18.2. The van der Waals surface area contributed by atoms with E-state index in [1.165, 1.54) is 6.20 Å². The number of hydrogen-bond donors (Lipinski definition) is 0. The molecular weight excluding hydrogens is 313 g/mol. The Labute approximate surface area is 131 Å². The molecule has 1 fully saturated rings. The van der Waals surface area contributed by atoms with E-state index in [4.69, 9.17) is 27.7 Å². The zero-order valence-corrected chi connectivity index (χ0v) is 12.9. The van der Waals surface area contributed by atoms with Crippen molar-refractivity contribution in [3.05, 3.63) is 45.5 Å². The number of amides is 1. The summed E-state index contributed by atoms with van der Waals surface area (Å²) in [7, 11) is 0. The molecule has 2 aromatic rings. The number of aryl methyl sites for hydroxylation is 1. The van der Waals surface area contributed by atoms with Crippen molar-refractivity contribution in [3.63, 3.8) is 0 Å². The Morgan fingerprint density at radius 1 is 1.48 bits per heavy atom. The van der Waals surface area contributed by atoms with Gasteiger partial charge in [-0.3, -0.25) is 4.79 Å². The van der Waals surface area contributed by atoms with E-state index in [-0.39, 0.29) is 22.1 Å². The van der Waals surface area contributed by atoms with Crippen LogP contribution < -0.4 is 0 Å². The molecule has 2 aromatic heterocycles. The summed E-state index contributed by atoms with van der Waals surface area (Å²) in [6.45, 7) is 2.51. The lowest BCUT2D eigenvalue weighted by molar-refractivity contribution is 0.0714. The third-order valence-electron chi connectivity index (χ3n) is 3.57. The van der Waals surface area contributed by atoms with E-state index in [2.05, 4.69) is 10.1 Å². The number of hydrogen-bond acceptors (Lipinski definition) is 4. The van der Waals surface area contributed by atoms with Gasteiger partial charge in [0.2, 0.25) is 0 Å². The first-order valence-corrected chi connectivity index (χ1v) is 7.37. The van der Waals surface area contributed by atoms with Crippen LogP contribution in [0.25, 0.3) is 0 Å². The summed E-state index contributed by atoms with van der Waals surface area (Å²) in [5.74, 6) is 0.537. The molecular formula is C14H13Cl2N3O2. The molecule has 3 heterocycles. The molecule has 0 bridgehead atoms. The summed E-state index contributed by atoms with van der Waals surface area (Å²) in [6, 6.07) is 3.33. The third-order valence-corrected chi connectivity index (χ3v) is 4.33. The van der Waals surface area contributed by atoms with Gasteiger partial charge in [-0.15, -0.1) is 0 Å². The van der Waals surface area contributed by atoms with Crippen LogP contribution in [0.15, 0.2) is 22.9 Å². The van der Waals surface area contributed by atoms with Gasteiger partial charge in [-0.05, 0) is 25.8 Å². The van der Waals surface area contributed by atoms with Crippen LogP contribution in [0.5, 0.6) is 0 Å². The number of aromatic nitrogens is 2. The SMILES string of the molecule is Cc1cc(C2CCCN2C(=O)c2ccnc(Cl)c2Cl)on1. The van der Waals surface area contributed by atoms with E-state index in [1.54, 1.807) is 11.0 Å². The van der Waals surface area contributed by atoms with Crippen molar-refractivity contribution in [2.75, 3.05) is 6.54 Å². The van der Waals surface area contributed by atoms with Crippen molar-refractivity contribution in [1.29, 1.82) is 0 Å². The van der Waals surface area contributed by atoms with Gasteiger partial charge < -0.3 is 9.42 Å². The highest BCUT2D eigenvalue weighted by Gasteiger charge is 2.34. The minimum absolute atomic E-state index is 0.110. The molecule has 0 radical (unpaired) electrons. The van der Waals surface area contributed by atoms with Crippen LogP contribution in [0.3, 0.4) is 0 Å². The van der Waals surface area contributed by atoms with Gasteiger partial charge in [-0.25, -0.2) is 4.98 Å². The van der Waals surface area contributed by atoms with Crippen molar-refractivity contribution < 1.29 is 9.32 Å². The molecule has 5 nitrogen and oxygen atoms in total. The second-order valence-electron chi connectivity index (χ2n) is 4.99. The van der Waals surface area contributed by atoms with Gasteiger partial charge in [-0.2, -0.15) is 0 Å². The average Bonchev–Trinajstić information content (AvgIpc) is 3.09. The minimum atomic E-state index is -0.166. The first-order chi connectivity index (χ1) is 10.1. The van der Waals surface area contributed by atoms with Crippen LogP contribution >= 0.6 is 23.2 Å². The van der Waals surface area contributed by atoms with Gasteiger partial charge in [-0.1, -0.05) is 28.4 Å². The number of likely N-dealkylation sites (tertiary alicyclic amines) is 1. The Balaban J connectivity index is 1.91. The number of halogens is 2. The van der Waals surface area contributed by atoms with E-state index < -0.39 is 0 Å². The summed E-state index contributed by atoms with van der Waals surface area (Å²) in [6.07, 6.45) is 3.23. The highest BCUT2D eigenvalue weighted by Crippen LogP contribution is 2.35. The number of pyridine rings is 1. The molecule has 3 rings (SSSR count). The summed E-state index contributed by atoms with van der Waals surface area (Å²) >= 11 is 12.0. The highest BCUT2D eigenvalue weighted by molar-refractivity contribution is 6.43. The third kappa shape index (κ3) is 2.63. The number of carbonyl (C=O) groups is 1. The minimum Gasteiger partial charge on any atom is -0.359 e. The van der Waals surface area contributed by atoms with E-state index in [1.807, 2.05) is 13.0 Å². The zero-order valence-electron chi connectivity index (χ0n) is 11.3. The molecule has 1 unspecified atom stereocenters. The van der Waals surface area contributed by atoms with Crippen LogP contribution in [0.1, 0.15) is 40.7 Å². The van der Waals surface area contributed by atoms with Gasteiger partial charge in [0.05, 0.1) is 22.3 Å². The standard InChI is InChI=1S/C14H13Cl2N3O2/c1-8-7-11(21-18-8)10-3-2-6-19(10)14(20)9-4-5-17-13(16)12(9)15/h4-5,7,10H,2-3,6H2,1H3. The molecule has 1 amide bonds. The first-order valence-electron chi connectivity index (χ1n) is 6.62. The Morgan fingerprint density at radius 2 is 2.29 bits per heavy atom. The van der Waals surface area contributed by atoms with Crippen LogP contribution in [-0.4, -0.2) is 27.5 Å². The average molecular weight is 326 g/mol. The molecule has 0 N–H and O–H groups in total. The van der Waals surface area contributed by atoms with E-state index >= 15 is 0 Å². The maximum absolute atomic E-state index is 12.7. The second kappa shape index (κ2) is 5.66. The maximum atomic E-state index is 12.7. The summed E-state index contributed by atoms with van der Waals surface area (Å²) < 4.78 is 5.30. The molecule has 7 heteroatoms. The highest BCUT2D eigenvalue weighted by atomic mass is 35.5. The first kappa shape index (κ1) is 14.4. The zero-order chi connectivity index (χ0) is 15.0. The molecule has 0 saturated carbocycles. The fraction of sp³-hybridized carbons (Fsp3) is 0.357. The number of nitrogens with zero attached hydrogens (tertiary/aromatic N) is 3. The van der Waals surface area contributed by atoms with E-state index in [9.17, 15) is 4.79 Å². The van der Waals surface area contributed by atoms with Crippen molar-refractivity contribution >= 4 is 29.1 Å². The number of rotatable bonds is 2. The quantitative estimate of drug-likeness (QED) is 0.790. The lowest BCUT2D eigenvalue weighted by Crippen LogP contribution is -2.30. The molecule has 1 aliphatic rings.